The number of carbonyl (C=O) groups is 1. The second-order valence-electron chi connectivity index (χ2n) is 7.80. The van der Waals surface area contributed by atoms with E-state index >= 15 is 0 Å². The molecule has 4 rings (SSSR count). The lowest BCUT2D eigenvalue weighted by molar-refractivity contribution is -0.134. The normalized spacial score (nSPS) is 18.2. The van der Waals surface area contributed by atoms with Crippen molar-refractivity contribution < 1.29 is 13.6 Å². The second-order valence-corrected chi connectivity index (χ2v) is 7.80. The van der Waals surface area contributed by atoms with E-state index in [2.05, 4.69) is 15.1 Å². The predicted octanol–water partition coefficient (Wildman–Crippen LogP) is 2.08. The lowest BCUT2D eigenvalue weighted by Crippen LogP contribution is -2.49. The number of piperazine rings is 1. The molecule has 1 saturated heterocycles. The first-order valence-electron chi connectivity index (χ1n) is 9.75. The van der Waals surface area contributed by atoms with Crippen LogP contribution in [0.4, 0.5) is 8.78 Å². The van der Waals surface area contributed by atoms with E-state index in [1.54, 1.807) is 4.90 Å². The summed E-state index contributed by atoms with van der Waals surface area (Å²) in [7, 11) is 1.91. The molecular formula is C19H26F2N6O. The molecule has 9 heteroatoms. The van der Waals surface area contributed by atoms with E-state index in [1.165, 1.54) is 16.3 Å². The van der Waals surface area contributed by atoms with Crippen LogP contribution in [-0.2, 0) is 24.9 Å². The van der Waals surface area contributed by atoms with Gasteiger partial charge in [-0.25, -0.2) is 8.78 Å². The van der Waals surface area contributed by atoms with Gasteiger partial charge in [0.05, 0.1) is 11.4 Å². The van der Waals surface area contributed by atoms with Crippen LogP contribution in [-0.4, -0.2) is 61.4 Å². The number of alkyl halides is 2. The van der Waals surface area contributed by atoms with Crippen molar-refractivity contribution >= 4 is 5.91 Å². The van der Waals surface area contributed by atoms with Gasteiger partial charge in [-0.05, 0) is 25.8 Å². The molecule has 152 valence electrons. The standard InChI is InChI=1S/C19H26F2N6O/c1-13-15(10-24(2)22-13)11-25-5-7-26(8-6-25)18(28)12-27-17(19(20)21)9-16(23-27)14-3-4-14/h9-10,14,19H,3-8,11-12H2,1-2H3. The second kappa shape index (κ2) is 7.62. The van der Waals surface area contributed by atoms with Crippen molar-refractivity contribution in [3.63, 3.8) is 0 Å². The Morgan fingerprint density at radius 3 is 2.50 bits per heavy atom. The maximum absolute atomic E-state index is 13.3. The topological polar surface area (TPSA) is 59.2 Å². The van der Waals surface area contributed by atoms with Crippen LogP contribution < -0.4 is 0 Å². The highest BCUT2D eigenvalue weighted by Gasteiger charge is 2.30. The Morgan fingerprint density at radius 1 is 1.21 bits per heavy atom. The summed E-state index contributed by atoms with van der Waals surface area (Å²) in [6.45, 7) is 5.39. The minimum atomic E-state index is -2.62. The minimum absolute atomic E-state index is 0.117. The molecule has 0 spiro atoms. The number of rotatable bonds is 6. The average Bonchev–Trinajstić information content (AvgIpc) is 3.34. The summed E-state index contributed by atoms with van der Waals surface area (Å²) in [4.78, 5) is 16.7. The molecule has 0 aromatic carbocycles. The van der Waals surface area contributed by atoms with E-state index in [1.807, 2.05) is 24.9 Å². The zero-order chi connectivity index (χ0) is 19.8. The largest absolute Gasteiger partial charge is 0.339 e. The van der Waals surface area contributed by atoms with Crippen LogP contribution in [0, 0.1) is 6.92 Å². The molecule has 1 saturated carbocycles. The number of aryl methyl sites for hydroxylation is 2. The maximum atomic E-state index is 13.3. The highest BCUT2D eigenvalue weighted by atomic mass is 19.3. The van der Waals surface area contributed by atoms with Gasteiger partial charge in [0.25, 0.3) is 6.43 Å². The molecule has 1 aliphatic carbocycles. The van der Waals surface area contributed by atoms with Crippen LogP contribution in [0.15, 0.2) is 12.3 Å². The van der Waals surface area contributed by atoms with Crippen molar-refractivity contribution in [2.45, 2.75) is 45.2 Å². The summed E-state index contributed by atoms with van der Waals surface area (Å²) in [5, 5.41) is 8.64. The summed E-state index contributed by atoms with van der Waals surface area (Å²) >= 11 is 0. The molecule has 2 fully saturated rings. The van der Waals surface area contributed by atoms with Gasteiger partial charge in [0, 0.05) is 57.4 Å². The molecule has 0 N–H and O–H groups in total. The Hall–Kier alpha value is -2.29. The van der Waals surface area contributed by atoms with Crippen LogP contribution >= 0.6 is 0 Å². The number of halogens is 2. The highest BCUT2D eigenvalue weighted by Crippen LogP contribution is 2.40. The van der Waals surface area contributed by atoms with Crippen molar-refractivity contribution in [1.29, 1.82) is 0 Å². The van der Waals surface area contributed by atoms with Crippen LogP contribution in [0.2, 0.25) is 0 Å². The number of hydrogen-bond acceptors (Lipinski definition) is 4. The van der Waals surface area contributed by atoms with Crippen molar-refractivity contribution in [3.05, 3.63) is 34.9 Å². The molecule has 0 bridgehead atoms. The van der Waals surface area contributed by atoms with Crippen LogP contribution in [0.3, 0.4) is 0 Å². The minimum Gasteiger partial charge on any atom is -0.339 e. The zero-order valence-corrected chi connectivity index (χ0v) is 16.3. The summed E-state index contributed by atoms with van der Waals surface area (Å²) in [6.07, 6.45) is 1.39. The Morgan fingerprint density at radius 2 is 1.93 bits per heavy atom. The van der Waals surface area contributed by atoms with Gasteiger partial charge in [-0.1, -0.05) is 0 Å². The maximum Gasteiger partial charge on any atom is 0.280 e. The van der Waals surface area contributed by atoms with Gasteiger partial charge < -0.3 is 4.90 Å². The molecule has 1 aliphatic heterocycles. The SMILES string of the molecule is Cc1nn(C)cc1CN1CCN(C(=O)Cn2nc(C3CC3)cc2C(F)F)CC1. The van der Waals surface area contributed by atoms with Gasteiger partial charge in [0.15, 0.2) is 0 Å². The molecule has 1 amide bonds. The van der Waals surface area contributed by atoms with Gasteiger partial charge in [-0.15, -0.1) is 0 Å². The van der Waals surface area contributed by atoms with Gasteiger partial charge >= 0.3 is 0 Å². The van der Waals surface area contributed by atoms with Gasteiger partial charge in [-0.3, -0.25) is 19.1 Å². The van der Waals surface area contributed by atoms with Gasteiger partial charge in [0.1, 0.15) is 12.2 Å². The predicted molar refractivity (Wildman–Crippen MR) is 99.0 cm³/mol. The van der Waals surface area contributed by atoms with E-state index in [9.17, 15) is 13.6 Å². The number of hydrogen-bond donors (Lipinski definition) is 0. The van der Waals surface area contributed by atoms with Crippen LogP contribution in [0.25, 0.3) is 0 Å². The Bertz CT molecular complexity index is 849. The van der Waals surface area contributed by atoms with E-state index in [0.29, 0.717) is 18.8 Å². The Balaban J connectivity index is 1.33. The first-order chi connectivity index (χ1) is 13.4. The van der Waals surface area contributed by atoms with E-state index in [-0.39, 0.29) is 24.1 Å². The molecule has 7 nitrogen and oxygen atoms in total. The lowest BCUT2D eigenvalue weighted by Gasteiger charge is -2.34. The Kier molecular flexibility index (Phi) is 5.18. The van der Waals surface area contributed by atoms with Crippen molar-refractivity contribution in [2.24, 2.45) is 7.05 Å². The van der Waals surface area contributed by atoms with Crippen molar-refractivity contribution in [2.75, 3.05) is 26.2 Å². The van der Waals surface area contributed by atoms with Crippen molar-refractivity contribution in [1.82, 2.24) is 29.4 Å². The molecule has 3 heterocycles. The molecular weight excluding hydrogens is 366 g/mol. The highest BCUT2D eigenvalue weighted by molar-refractivity contribution is 5.76. The number of amides is 1. The third-order valence-corrected chi connectivity index (χ3v) is 5.57. The molecule has 2 aliphatic rings. The summed E-state index contributed by atoms with van der Waals surface area (Å²) < 4.78 is 29.6. The molecule has 0 atom stereocenters. The molecule has 0 unspecified atom stereocenters. The first kappa shape index (κ1) is 19.0. The van der Waals surface area contributed by atoms with E-state index in [0.717, 1.165) is 38.2 Å². The number of aromatic nitrogens is 4. The first-order valence-corrected chi connectivity index (χ1v) is 9.75. The number of nitrogens with zero attached hydrogens (tertiary/aromatic N) is 6. The third kappa shape index (κ3) is 4.09. The smallest absolute Gasteiger partial charge is 0.280 e. The number of carbonyl (C=O) groups excluding carboxylic acids is 1. The lowest BCUT2D eigenvalue weighted by atomic mass is 10.2. The summed E-state index contributed by atoms with van der Waals surface area (Å²) in [6, 6.07) is 1.46. The monoisotopic (exact) mass is 392 g/mol. The van der Waals surface area contributed by atoms with Gasteiger partial charge in [-0.2, -0.15) is 10.2 Å². The molecule has 2 aromatic heterocycles. The summed E-state index contributed by atoms with van der Waals surface area (Å²) in [5.41, 5.74) is 2.75. The van der Waals surface area contributed by atoms with Crippen LogP contribution in [0.5, 0.6) is 0 Å². The molecule has 2 aromatic rings. The Labute approximate surface area is 162 Å². The molecule has 28 heavy (non-hydrogen) atoms. The summed E-state index contributed by atoms with van der Waals surface area (Å²) in [5.74, 6) is 0.137. The fourth-order valence-corrected chi connectivity index (χ4v) is 3.76. The molecule has 0 radical (unpaired) electrons. The fraction of sp³-hybridized carbons (Fsp3) is 0.632. The third-order valence-electron chi connectivity index (χ3n) is 5.57. The zero-order valence-electron chi connectivity index (χ0n) is 16.3. The van der Waals surface area contributed by atoms with E-state index < -0.39 is 6.43 Å². The average molecular weight is 392 g/mol. The fourth-order valence-electron chi connectivity index (χ4n) is 3.76. The van der Waals surface area contributed by atoms with Gasteiger partial charge in [0.2, 0.25) is 5.91 Å². The van der Waals surface area contributed by atoms with Crippen molar-refractivity contribution in [3.8, 4) is 0 Å². The van der Waals surface area contributed by atoms with E-state index in [4.69, 9.17) is 0 Å². The van der Waals surface area contributed by atoms with Crippen LogP contribution in [0.1, 0.15) is 47.8 Å². The quantitative estimate of drug-likeness (QED) is 0.755.